The first kappa shape index (κ1) is 20.7. The minimum absolute atomic E-state index is 0.00688. The minimum Gasteiger partial charge on any atom is -0.435 e. The second-order valence-corrected chi connectivity index (χ2v) is 7.26. The normalized spacial score (nSPS) is 11.2. The van der Waals surface area contributed by atoms with Gasteiger partial charge < -0.3 is 10.1 Å². The highest BCUT2D eigenvalue weighted by Gasteiger charge is 2.19. The number of nitrogens with zero attached hydrogens (tertiary/aromatic N) is 3. The van der Waals surface area contributed by atoms with Crippen LogP contribution in [0.15, 0.2) is 54.6 Å². The predicted octanol–water partition coefficient (Wildman–Crippen LogP) is 5.45. The van der Waals surface area contributed by atoms with Gasteiger partial charge in [0.1, 0.15) is 5.75 Å². The monoisotopic (exact) mass is 442 g/mol. The van der Waals surface area contributed by atoms with Gasteiger partial charge in [0, 0.05) is 23.3 Å². The molecule has 9 heteroatoms. The molecular weight excluding hydrogens is 426 g/mol. The molecule has 0 atom stereocenters. The van der Waals surface area contributed by atoms with Gasteiger partial charge in [-0.25, -0.2) is 4.98 Å². The van der Waals surface area contributed by atoms with Crippen LogP contribution in [-0.4, -0.2) is 27.3 Å². The largest absolute Gasteiger partial charge is 0.435 e. The Labute approximate surface area is 181 Å². The molecule has 0 radical (unpaired) electrons. The van der Waals surface area contributed by atoms with E-state index in [0.29, 0.717) is 38.7 Å². The fraction of sp³-hybridized carbons (Fsp3) is 0.136. The van der Waals surface area contributed by atoms with Crippen molar-refractivity contribution in [3.8, 4) is 17.0 Å². The van der Waals surface area contributed by atoms with Gasteiger partial charge in [0.25, 0.3) is 5.91 Å². The summed E-state index contributed by atoms with van der Waals surface area (Å²) in [5.41, 5.74) is 3.46. The van der Waals surface area contributed by atoms with Gasteiger partial charge in [-0.15, -0.1) is 0 Å². The zero-order chi connectivity index (χ0) is 22.1. The van der Waals surface area contributed by atoms with Gasteiger partial charge in [-0.2, -0.15) is 13.9 Å². The Kier molecular flexibility index (Phi) is 5.56. The first-order chi connectivity index (χ1) is 14.8. The molecule has 1 amide bonds. The van der Waals surface area contributed by atoms with Crippen LogP contribution in [0, 0.1) is 6.92 Å². The van der Waals surface area contributed by atoms with E-state index in [1.807, 2.05) is 12.1 Å². The molecule has 2 aromatic carbocycles. The van der Waals surface area contributed by atoms with Crippen LogP contribution in [0.4, 0.5) is 14.5 Å². The summed E-state index contributed by atoms with van der Waals surface area (Å²) < 4.78 is 30.6. The molecule has 0 aliphatic heterocycles. The number of aromatic nitrogens is 3. The second-order valence-electron chi connectivity index (χ2n) is 6.83. The quantitative estimate of drug-likeness (QED) is 0.446. The molecule has 31 heavy (non-hydrogen) atoms. The number of alkyl halides is 2. The Balaban J connectivity index is 1.73. The number of halogens is 3. The lowest BCUT2D eigenvalue weighted by atomic mass is 10.0. The van der Waals surface area contributed by atoms with E-state index < -0.39 is 6.61 Å². The third-order valence-corrected chi connectivity index (χ3v) is 4.94. The molecular formula is C22H17ClF2N4O2. The Morgan fingerprint density at radius 2 is 1.81 bits per heavy atom. The van der Waals surface area contributed by atoms with Crippen molar-refractivity contribution in [3.63, 3.8) is 0 Å². The molecule has 158 valence electrons. The molecule has 0 spiro atoms. The van der Waals surface area contributed by atoms with E-state index >= 15 is 0 Å². The molecule has 0 saturated carbocycles. The molecule has 0 saturated heterocycles. The van der Waals surface area contributed by atoms with Crippen LogP contribution < -0.4 is 10.1 Å². The molecule has 0 unspecified atom stereocenters. The van der Waals surface area contributed by atoms with Crippen molar-refractivity contribution in [2.45, 2.75) is 13.5 Å². The van der Waals surface area contributed by atoms with Crippen molar-refractivity contribution >= 4 is 34.2 Å². The molecule has 0 fully saturated rings. The van der Waals surface area contributed by atoms with Crippen molar-refractivity contribution in [1.29, 1.82) is 0 Å². The molecule has 0 bridgehead atoms. The maximum atomic E-state index is 13.1. The number of rotatable bonds is 5. The maximum Gasteiger partial charge on any atom is 0.387 e. The van der Waals surface area contributed by atoms with E-state index in [9.17, 15) is 13.6 Å². The summed E-state index contributed by atoms with van der Waals surface area (Å²) >= 11 is 5.98. The number of benzene rings is 2. The topological polar surface area (TPSA) is 69.0 Å². The zero-order valence-electron chi connectivity index (χ0n) is 16.6. The summed E-state index contributed by atoms with van der Waals surface area (Å²) in [5.74, 6) is -0.367. The van der Waals surface area contributed by atoms with Gasteiger partial charge in [-0.3, -0.25) is 9.48 Å². The van der Waals surface area contributed by atoms with Crippen LogP contribution in [0.3, 0.4) is 0 Å². The number of amides is 1. The highest BCUT2D eigenvalue weighted by molar-refractivity contribution is 6.30. The zero-order valence-corrected chi connectivity index (χ0v) is 17.3. The summed E-state index contributed by atoms with van der Waals surface area (Å²) in [7, 11) is 1.76. The Morgan fingerprint density at radius 3 is 2.45 bits per heavy atom. The maximum absolute atomic E-state index is 13.1. The Hall–Kier alpha value is -3.52. The van der Waals surface area contributed by atoms with Crippen LogP contribution in [0.25, 0.3) is 22.3 Å². The fourth-order valence-corrected chi connectivity index (χ4v) is 3.44. The average molecular weight is 443 g/mol. The van der Waals surface area contributed by atoms with Crippen LogP contribution in [0.5, 0.6) is 5.75 Å². The Morgan fingerprint density at radius 1 is 1.13 bits per heavy atom. The van der Waals surface area contributed by atoms with Gasteiger partial charge >= 0.3 is 6.61 Å². The van der Waals surface area contributed by atoms with Gasteiger partial charge in [0.15, 0.2) is 5.65 Å². The van der Waals surface area contributed by atoms with Crippen molar-refractivity contribution in [2.24, 2.45) is 7.05 Å². The Bertz CT molecular complexity index is 1260. The van der Waals surface area contributed by atoms with Crippen molar-refractivity contribution < 1.29 is 18.3 Å². The van der Waals surface area contributed by atoms with Crippen LogP contribution in [0.2, 0.25) is 5.02 Å². The average Bonchev–Trinajstić information content (AvgIpc) is 3.02. The molecule has 2 aromatic heterocycles. The van der Waals surface area contributed by atoms with Crippen molar-refractivity contribution in [1.82, 2.24) is 14.8 Å². The molecule has 6 nitrogen and oxygen atoms in total. The SMILES string of the molecule is Cc1nn(C)c2nc(-c3ccc(Cl)cc3)cc(C(=O)Nc3ccc(OC(F)F)cc3)c12. The molecule has 0 aliphatic rings. The van der Waals surface area contributed by atoms with Crippen molar-refractivity contribution in [3.05, 3.63) is 70.9 Å². The second kappa shape index (κ2) is 8.31. The summed E-state index contributed by atoms with van der Waals surface area (Å²) in [5, 5.41) is 8.41. The standard InChI is InChI=1S/C22H17ClF2N4O2/c1-12-19-17(21(30)26-15-7-9-16(10-8-15)31-22(24)25)11-18(27-20(19)29(2)28-12)13-3-5-14(23)6-4-13/h3-11,22H,1-2H3,(H,26,30). The molecule has 4 aromatic rings. The molecule has 1 N–H and O–H groups in total. The van der Waals surface area contributed by atoms with E-state index in [-0.39, 0.29) is 11.7 Å². The summed E-state index contributed by atoms with van der Waals surface area (Å²) in [4.78, 5) is 17.8. The summed E-state index contributed by atoms with van der Waals surface area (Å²) in [6, 6.07) is 14.5. The highest BCUT2D eigenvalue weighted by Crippen LogP contribution is 2.28. The van der Waals surface area contributed by atoms with Crippen LogP contribution in [-0.2, 0) is 7.05 Å². The fourth-order valence-electron chi connectivity index (χ4n) is 3.31. The van der Waals surface area contributed by atoms with Crippen molar-refractivity contribution in [2.75, 3.05) is 5.32 Å². The number of carbonyl (C=O) groups excluding carboxylic acids is 1. The number of hydrogen-bond donors (Lipinski definition) is 1. The molecule has 4 rings (SSSR count). The first-order valence-corrected chi connectivity index (χ1v) is 9.66. The number of ether oxygens (including phenoxy) is 1. The predicted molar refractivity (Wildman–Crippen MR) is 115 cm³/mol. The number of carbonyl (C=O) groups is 1. The number of pyridine rings is 1. The van der Waals surface area contributed by atoms with Gasteiger partial charge in [0.2, 0.25) is 0 Å². The molecule has 2 heterocycles. The number of nitrogens with one attached hydrogen (secondary N) is 1. The van der Waals surface area contributed by atoms with Gasteiger partial charge in [0.05, 0.1) is 22.3 Å². The number of fused-ring (bicyclic) bond motifs is 1. The van der Waals surface area contributed by atoms with Gasteiger partial charge in [-0.05, 0) is 49.4 Å². The summed E-state index contributed by atoms with van der Waals surface area (Å²) in [6.45, 7) is -1.11. The third kappa shape index (κ3) is 4.34. The van der Waals surface area contributed by atoms with Gasteiger partial charge in [-0.1, -0.05) is 23.7 Å². The smallest absolute Gasteiger partial charge is 0.387 e. The third-order valence-electron chi connectivity index (χ3n) is 4.69. The van der Waals surface area contributed by atoms with Crippen LogP contribution >= 0.6 is 11.6 Å². The highest BCUT2D eigenvalue weighted by atomic mass is 35.5. The van der Waals surface area contributed by atoms with E-state index in [0.717, 1.165) is 5.56 Å². The molecule has 0 aliphatic carbocycles. The number of anilines is 1. The van der Waals surface area contributed by atoms with E-state index in [4.69, 9.17) is 11.6 Å². The van der Waals surface area contributed by atoms with E-state index in [1.165, 1.54) is 24.3 Å². The lowest BCUT2D eigenvalue weighted by Crippen LogP contribution is -2.13. The lowest BCUT2D eigenvalue weighted by Gasteiger charge is -2.10. The summed E-state index contributed by atoms with van der Waals surface area (Å²) in [6.07, 6.45) is 0. The lowest BCUT2D eigenvalue weighted by molar-refractivity contribution is -0.0498. The van der Waals surface area contributed by atoms with Crippen LogP contribution in [0.1, 0.15) is 16.1 Å². The number of aryl methyl sites for hydroxylation is 2. The minimum atomic E-state index is -2.91. The first-order valence-electron chi connectivity index (χ1n) is 9.28. The van der Waals surface area contributed by atoms with E-state index in [1.54, 1.807) is 36.9 Å². The van der Waals surface area contributed by atoms with E-state index in [2.05, 4.69) is 20.1 Å². The number of hydrogen-bond acceptors (Lipinski definition) is 4.